The molecule has 2 aromatic heterocycles. The van der Waals surface area contributed by atoms with Crippen LogP contribution < -0.4 is 16.0 Å². The summed E-state index contributed by atoms with van der Waals surface area (Å²) in [5, 5.41) is -0.0555. The van der Waals surface area contributed by atoms with Crippen LogP contribution in [0.25, 0.3) is 0 Å². The van der Waals surface area contributed by atoms with Gasteiger partial charge in [-0.05, 0) is 18.6 Å². The third-order valence-corrected chi connectivity index (χ3v) is 3.97. The molecule has 2 rings (SSSR count). The Morgan fingerprint density at radius 1 is 1.35 bits per heavy atom. The molecule has 0 spiro atoms. The van der Waals surface area contributed by atoms with Crippen molar-refractivity contribution in [2.24, 2.45) is 0 Å². The molecule has 3 N–H and O–H groups in total. The highest BCUT2D eigenvalue weighted by Gasteiger charge is 2.20. The molecule has 2 aromatic rings. The fraction of sp³-hybridized carbons (Fsp3) is 0.100. The van der Waals surface area contributed by atoms with E-state index in [1.54, 1.807) is 6.92 Å². The van der Waals surface area contributed by atoms with Gasteiger partial charge in [0.1, 0.15) is 0 Å². The van der Waals surface area contributed by atoms with Crippen molar-refractivity contribution in [2.75, 3.05) is 4.72 Å². The van der Waals surface area contributed by atoms with E-state index >= 15 is 0 Å². The molecule has 2 heterocycles. The van der Waals surface area contributed by atoms with E-state index < -0.39 is 26.2 Å². The molecular formula is C10H9ClN4O4S. The van der Waals surface area contributed by atoms with Crippen LogP contribution >= 0.6 is 11.6 Å². The Labute approximate surface area is 117 Å². The summed E-state index contributed by atoms with van der Waals surface area (Å²) >= 11 is 5.77. The summed E-state index contributed by atoms with van der Waals surface area (Å²) in [7, 11) is -4.19. The molecule has 0 aromatic carbocycles. The highest BCUT2D eigenvalue weighted by molar-refractivity contribution is 7.92. The van der Waals surface area contributed by atoms with Crippen molar-refractivity contribution in [3.63, 3.8) is 0 Å². The number of hydrogen-bond acceptors (Lipinski definition) is 5. The largest absolute Gasteiger partial charge is 0.325 e. The van der Waals surface area contributed by atoms with E-state index in [1.807, 2.05) is 4.98 Å². The maximum absolute atomic E-state index is 12.1. The fourth-order valence-corrected chi connectivity index (χ4v) is 2.69. The second kappa shape index (κ2) is 5.10. The highest BCUT2D eigenvalue weighted by Crippen LogP contribution is 2.22. The Hall–Kier alpha value is -2.13. The molecule has 0 saturated heterocycles. The molecule has 0 amide bonds. The first-order valence-corrected chi connectivity index (χ1v) is 7.13. The number of nitrogens with zero attached hydrogens (tertiary/aromatic N) is 1. The number of anilines is 1. The average Bonchev–Trinajstić information content (AvgIpc) is 2.33. The molecule has 8 nitrogen and oxygen atoms in total. The maximum Gasteiger partial charge on any atom is 0.325 e. The molecule has 0 atom stereocenters. The lowest BCUT2D eigenvalue weighted by molar-refractivity contribution is 0.599. The topological polar surface area (TPSA) is 125 Å². The Balaban J connectivity index is 2.49. The normalized spacial score (nSPS) is 11.3. The molecule has 20 heavy (non-hydrogen) atoms. The lowest BCUT2D eigenvalue weighted by Gasteiger charge is -2.08. The second-order valence-electron chi connectivity index (χ2n) is 3.89. The van der Waals surface area contributed by atoms with Crippen LogP contribution in [-0.4, -0.2) is 23.4 Å². The highest BCUT2D eigenvalue weighted by atomic mass is 35.5. The fourth-order valence-electron chi connectivity index (χ4n) is 1.42. The Kier molecular flexibility index (Phi) is 3.64. The van der Waals surface area contributed by atoms with Crippen LogP contribution in [0.2, 0.25) is 5.15 Å². The molecule has 0 aliphatic heterocycles. The molecule has 0 aliphatic carbocycles. The van der Waals surface area contributed by atoms with Gasteiger partial charge in [-0.1, -0.05) is 11.6 Å². The van der Waals surface area contributed by atoms with Crippen molar-refractivity contribution < 1.29 is 8.42 Å². The van der Waals surface area contributed by atoms with E-state index in [-0.39, 0.29) is 10.8 Å². The summed E-state index contributed by atoms with van der Waals surface area (Å²) in [6.07, 6.45) is 2.27. The Bertz CT molecular complexity index is 871. The first kappa shape index (κ1) is 14.3. The van der Waals surface area contributed by atoms with Crippen molar-refractivity contribution in [1.29, 1.82) is 0 Å². The quantitative estimate of drug-likeness (QED) is 0.699. The number of aromatic nitrogens is 3. The summed E-state index contributed by atoms with van der Waals surface area (Å²) < 4.78 is 26.3. The Morgan fingerprint density at radius 3 is 2.70 bits per heavy atom. The minimum Gasteiger partial charge on any atom is -0.313 e. The van der Waals surface area contributed by atoms with E-state index in [4.69, 9.17) is 11.6 Å². The van der Waals surface area contributed by atoms with Gasteiger partial charge in [0.05, 0.1) is 5.69 Å². The van der Waals surface area contributed by atoms with E-state index in [2.05, 4.69) is 14.7 Å². The molecule has 0 aliphatic rings. The van der Waals surface area contributed by atoms with Gasteiger partial charge in [0.2, 0.25) is 0 Å². The van der Waals surface area contributed by atoms with E-state index in [0.717, 1.165) is 6.20 Å². The molecule has 106 valence electrons. The van der Waals surface area contributed by atoms with Gasteiger partial charge in [-0.25, -0.2) is 18.2 Å². The lowest BCUT2D eigenvalue weighted by Crippen LogP contribution is -2.29. The summed E-state index contributed by atoms with van der Waals surface area (Å²) in [6.45, 7) is 1.70. The number of pyridine rings is 1. The standard InChI is InChI=1S/C10H9ClN4O4S/c1-5-2-6(8(11)12-3-5)15-20(18,19)7-4-13-10(17)14-9(7)16/h2-4,15H,1H3,(H2,13,14,16,17). The summed E-state index contributed by atoms with van der Waals surface area (Å²) in [5.41, 5.74) is -1.11. The number of aromatic amines is 2. The van der Waals surface area contributed by atoms with Crippen LogP contribution in [0.1, 0.15) is 5.56 Å². The number of sulfonamides is 1. The number of hydrogen-bond donors (Lipinski definition) is 3. The molecular weight excluding hydrogens is 308 g/mol. The van der Waals surface area contributed by atoms with E-state index in [9.17, 15) is 18.0 Å². The SMILES string of the molecule is Cc1cnc(Cl)c(NS(=O)(=O)c2c[nH]c(=O)[nH]c2=O)c1. The van der Waals surface area contributed by atoms with Crippen LogP contribution in [0, 0.1) is 6.92 Å². The number of halogens is 1. The van der Waals surface area contributed by atoms with Crippen molar-refractivity contribution in [3.8, 4) is 0 Å². The molecule has 0 bridgehead atoms. The molecule has 0 radical (unpaired) electrons. The number of nitrogens with one attached hydrogen (secondary N) is 3. The van der Waals surface area contributed by atoms with Crippen LogP contribution in [0.15, 0.2) is 32.9 Å². The molecule has 0 fully saturated rings. The minimum atomic E-state index is -4.19. The third kappa shape index (κ3) is 2.89. The van der Waals surface area contributed by atoms with Gasteiger partial charge < -0.3 is 4.98 Å². The average molecular weight is 317 g/mol. The minimum absolute atomic E-state index is 0.0391. The van der Waals surface area contributed by atoms with E-state index in [1.165, 1.54) is 12.3 Å². The summed E-state index contributed by atoms with van der Waals surface area (Å²) in [5.74, 6) is 0. The third-order valence-electron chi connectivity index (χ3n) is 2.29. The van der Waals surface area contributed by atoms with Gasteiger partial charge in [0, 0.05) is 12.4 Å². The monoisotopic (exact) mass is 316 g/mol. The van der Waals surface area contributed by atoms with Crippen LogP contribution in [0.4, 0.5) is 5.69 Å². The van der Waals surface area contributed by atoms with Gasteiger partial charge in [0.15, 0.2) is 10.0 Å². The second-order valence-corrected chi connectivity index (χ2v) is 5.90. The summed E-state index contributed by atoms with van der Waals surface area (Å²) in [4.78, 5) is 29.4. The van der Waals surface area contributed by atoms with Crippen molar-refractivity contribution in [3.05, 3.63) is 50.0 Å². The zero-order valence-corrected chi connectivity index (χ0v) is 11.7. The van der Waals surface area contributed by atoms with Gasteiger partial charge >= 0.3 is 5.69 Å². The molecule has 0 saturated carbocycles. The first-order valence-electron chi connectivity index (χ1n) is 5.26. The predicted octanol–water partition coefficient (Wildman–Crippen LogP) is 0.221. The molecule has 0 unspecified atom stereocenters. The lowest BCUT2D eigenvalue weighted by atomic mass is 10.3. The van der Waals surface area contributed by atoms with Crippen LogP contribution in [-0.2, 0) is 10.0 Å². The van der Waals surface area contributed by atoms with Crippen molar-refractivity contribution in [1.82, 2.24) is 15.0 Å². The number of rotatable bonds is 3. The van der Waals surface area contributed by atoms with E-state index in [0.29, 0.717) is 5.56 Å². The van der Waals surface area contributed by atoms with Gasteiger partial charge in [-0.3, -0.25) is 14.5 Å². The summed E-state index contributed by atoms with van der Waals surface area (Å²) in [6, 6.07) is 1.47. The van der Waals surface area contributed by atoms with Gasteiger partial charge in [0.25, 0.3) is 15.6 Å². The van der Waals surface area contributed by atoms with Crippen molar-refractivity contribution >= 4 is 27.3 Å². The number of H-pyrrole nitrogens is 2. The number of aryl methyl sites for hydroxylation is 1. The smallest absolute Gasteiger partial charge is 0.313 e. The molecule has 10 heteroatoms. The zero-order valence-electron chi connectivity index (χ0n) is 10.1. The van der Waals surface area contributed by atoms with Crippen LogP contribution in [0.3, 0.4) is 0 Å². The maximum atomic E-state index is 12.1. The van der Waals surface area contributed by atoms with Gasteiger partial charge in [-0.2, -0.15) is 0 Å². The van der Waals surface area contributed by atoms with Gasteiger partial charge in [-0.15, -0.1) is 0 Å². The van der Waals surface area contributed by atoms with Crippen molar-refractivity contribution in [2.45, 2.75) is 11.8 Å². The van der Waals surface area contributed by atoms with Crippen LogP contribution in [0.5, 0.6) is 0 Å². The Morgan fingerprint density at radius 2 is 2.05 bits per heavy atom. The predicted molar refractivity (Wildman–Crippen MR) is 72.5 cm³/mol. The first-order chi connectivity index (χ1) is 9.29. The zero-order chi connectivity index (χ0) is 14.9.